The summed E-state index contributed by atoms with van der Waals surface area (Å²) < 4.78 is 0. The Morgan fingerprint density at radius 3 is 2.92 bits per heavy atom. The van der Waals surface area contributed by atoms with E-state index in [1.54, 1.807) is 12.4 Å². The molecule has 0 amide bonds. The molecular weight excluding hydrogens is 166 g/mol. The van der Waals surface area contributed by atoms with Gasteiger partial charge in [0.05, 0.1) is 0 Å². The molecular formula is C9H13N3O. The first-order chi connectivity index (χ1) is 6.29. The molecule has 0 radical (unpaired) electrons. The van der Waals surface area contributed by atoms with Gasteiger partial charge in [0.1, 0.15) is 0 Å². The quantitative estimate of drug-likeness (QED) is 0.729. The molecule has 1 N–H and O–H groups in total. The second-order valence-corrected chi connectivity index (χ2v) is 3.44. The van der Waals surface area contributed by atoms with Gasteiger partial charge in [-0.2, -0.15) is 0 Å². The number of hydrogen-bond acceptors (Lipinski definition) is 3. The highest BCUT2D eigenvalue weighted by Gasteiger charge is 2.24. The van der Waals surface area contributed by atoms with Gasteiger partial charge in [-0.05, 0) is 19.3 Å². The van der Waals surface area contributed by atoms with E-state index >= 15 is 0 Å². The summed E-state index contributed by atoms with van der Waals surface area (Å²) in [6, 6.07) is 0.510. The summed E-state index contributed by atoms with van der Waals surface area (Å²) in [6.45, 7) is 0. The zero-order valence-electron chi connectivity index (χ0n) is 7.66. The van der Waals surface area contributed by atoms with E-state index in [0.29, 0.717) is 11.9 Å². The lowest BCUT2D eigenvalue weighted by atomic mass is 9.92. The zero-order valence-corrected chi connectivity index (χ0v) is 7.66. The van der Waals surface area contributed by atoms with E-state index in [-0.39, 0.29) is 5.56 Å². The topological polar surface area (TPSA) is 49.0 Å². The fourth-order valence-electron chi connectivity index (χ4n) is 1.54. The van der Waals surface area contributed by atoms with E-state index in [4.69, 9.17) is 0 Å². The van der Waals surface area contributed by atoms with Crippen LogP contribution < -0.4 is 10.5 Å². The molecule has 70 valence electrons. The summed E-state index contributed by atoms with van der Waals surface area (Å²) >= 11 is 0. The lowest BCUT2D eigenvalue weighted by Crippen LogP contribution is -2.40. The Morgan fingerprint density at radius 1 is 1.62 bits per heavy atom. The van der Waals surface area contributed by atoms with Crippen LogP contribution in [0.15, 0.2) is 17.2 Å². The summed E-state index contributed by atoms with van der Waals surface area (Å²) in [4.78, 5) is 20.0. The number of H-pyrrole nitrogens is 1. The molecule has 0 aromatic carbocycles. The van der Waals surface area contributed by atoms with Crippen molar-refractivity contribution in [3.8, 4) is 0 Å². The zero-order chi connectivity index (χ0) is 9.26. The third kappa shape index (κ3) is 1.43. The molecule has 0 spiro atoms. The fourth-order valence-corrected chi connectivity index (χ4v) is 1.54. The summed E-state index contributed by atoms with van der Waals surface area (Å²) in [5.74, 6) is 0.534. The SMILES string of the molecule is CN(c1ncc[nH]c1=O)C1CCC1. The van der Waals surface area contributed by atoms with Crippen LogP contribution >= 0.6 is 0 Å². The monoisotopic (exact) mass is 179 g/mol. The number of hydrogen-bond donors (Lipinski definition) is 1. The molecule has 1 aromatic rings. The molecule has 1 saturated carbocycles. The normalized spacial score (nSPS) is 16.7. The summed E-state index contributed by atoms with van der Waals surface area (Å²) in [5.41, 5.74) is -0.100. The maximum Gasteiger partial charge on any atom is 0.290 e. The van der Waals surface area contributed by atoms with Crippen LogP contribution in [0, 0.1) is 0 Å². The number of nitrogens with one attached hydrogen (secondary N) is 1. The smallest absolute Gasteiger partial charge is 0.290 e. The van der Waals surface area contributed by atoms with Crippen molar-refractivity contribution in [2.45, 2.75) is 25.3 Å². The van der Waals surface area contributed by atoms with Crippen LogP contribution in [0.25, 0.3) is 0 Å². The maximum atomic E-state index is 11.3. The van der Waals surface area contributed by atoms with Gasteiger partial charge in [-0.1, -0.05) is 0 Å². The van der Waals surface area contributed by atoms with Gasteiger partial charge < -0.3 is 9.88 Å². The minimum atomic E-state index is -0.100. The molecule has 4 nitrogen and oxygen atoms in total. The Kier molecular flexibility index (Phi) is 2.04. The predicted octanol–water partition coefficient (Wildman–Crippen LogP) is 0.759. The highest BCUT2D eigenvalue weighted by atomic mass is 16.1. The van der Waals surface area contributed by atoms with Crippen molar-refractivity contribution in [3.05, 3.63) is 22.7 Å². The van der Waals surface area contributed by atoms with E-state index < -0.39 is 0 Å². The molecule has 1 fully saturated rings. The Hall–Kier alpha value is -1.32. The molecule has 4 heteroatoms. The van der Waals surface area contributed by atoms with Crippen molar-refractivity contribution in [3.63, 3.8) is 0 Å². The van der Waals surface area contributed by atoms with Crippen molar-refractivity contribution >= 4 is 5.82 Å². The van der Waals surface area contributed by atoms with Crippen molar-refractivity contribution < 1.29 is 0 Å². The first kappa shape index (κ1) is 8.29. The number of aromatic amines is 1. The minimum absolute atomic E-state index is 0.100. The molecule has 0 aliphatic heterocycles. The minimum Gasteiger partial charge on any atom is -0.352 e. The highest BCUT2D eigenvalue weighted by Crippen LogP contribution is 2.25. The average Bonchev–Trinajstić information content (AvgIpc) is 2.01. The van der Waals surface area contributed by atoms with Gasteiger partial charge in [0, 0.05) is 25.5 Å². The Bertz CT molecular complexity index is 343. The van der Waals surface area contributed by atoms with Gasteiger partial charge in [0.2, 0.25) is 0 Å². The van der Waals surface area contributed by atoms with E-state index in [1.807, 2.05) is 11.9 Å². The maximum absolute atomic E-state index is 11.3. The molecule has 0 bridgehead atoms. The van der Waals surface area contributed by atoms with Crippen molar-refractivity contribution in [2.75, 3.05) is 11.9 Å². The lowest BCUT2D eigenvalue weighted by molar-refractivity contribution is 0.398. The van der Waals surface area contributed by atoms with Crippen LogP contribution in [-0.4, -0.2) is 23.1 Å². The third-order valence-electron chi connectivity index (χ3n) is 2.65. The van der Waals surface area contributed by atoms with Gasteiger partial charge in [-0.25, -0.2) is 4.98 Å². The van der Waals surface area contributed by atoms with Crippen molar-refractivity contribution in [1.82, 2.24) is 9.97 Å². The van der Waals surface area contributed by atoms with Gasteiger partial charge in [-0.3, -0.25) is 4.79 Å². The number of aromatic nitrogens is 2. The molecule has 13 heavy (non-hydrogen) atoms. The third-order valence-corrected chi connectivity index (χ3v) is 2.65. The summed E-state index contributed by atoms with van der Waals surface area (Å²) in [6.07, 6.45) is 6.78. The number of rotatable bonds is 2. The van der Waals surface area contributed by atoms with Crippen molar-refractivity contribution in [2.24, 2.45) is 0 Å². The van der Waals surface area contributed by atoms with E-state index in [9.17, 15) is 4.79 Å². The van der Waals surface area contributed by atoms with Gasteiger partial charge in [0.15, 0.2) is 5.82 Å². The predicted molar refractivity (Wildman–Crippen MR) is 50.9 cm³/mol. The van der Waals surface area contributed by atoms with Crippen LogP contribution in [0.4, 0.5) is 5.82 Å². The number of nitrogens with zero attached hydrogens (tertiary/aromatic N) is 2. The molecule has 2 rings (SSSR count). The molecule has 1 heterocycles. The van der Waals surface area contributed by atoms with E-state index in [0.717, 1.165) is 0 Å². The summed E-state index contributed by atoms with van der Waals surface area (Å²) in [7, 11) is 1.93. The van der Waals surface area contributed by atoms with E-state index in [2.05, 4.69) is 9.97 Å². The van der Waals surface area contributed by atoms with E-state index in [1.165, 1.54) is 19.3 Å². The van der Waals surface area contributed by atoms with Crippen LogP contribution in [0.1, 0.15) is 19.3 Å². The fraction of sp³-hybridized carbons (Fsp3) is 0.556. The Labute approximate surface area is 76.6 Å². The molecule has 0 saturated heterocycles. The first-order valence-corrected chi connectivity index (χ1v) is 4.55. The first-order valence-electron chi connectivity index (χ1n) is 4.55. The number of anilines is 1. The van der Waals surface area contributed by atoms with Crippen molar-refractivity contribution in [1.29, 1.82) is 0 Å². The highest BCUT2D eigenvalue weighted by molar-refractivity contribution is 5.36. The van der Waals surface area contributed by atoms with Crippen LogP contribution in [-0.2, 0) is 0 Å². The Balaban J connectivity index is 2.24. The van der Waals surface area contributed by atoms with Crippen LogP contribution in [0.5, 0.6) is 0 Å². The van der Waals surface area contributed by atoms with Crippen LogP contribution in [0.3, 0.4) is 0 Å². The van der Waals surface area contributed by atoms with Gasteiger partial charge in [0.25, 0.3) is 5.56 Å². The molecule has 1 aliphatic rings. The lowest BCUT2D eigenvalue weighted by Gasteiger charge is -2.34. The standard InChI is InChI=1S/C9H13N3O/c1-12(7-3-2-4-7)8-9(13)11-6-5-10-8/h5-7H,2-4H2,1H3,(H,11,13). The molecule has 0 atom stereocenters. The molecule has 1 aliphatic carbocycles. The average molecular weight is 179 g/mol. The summed E-state index contributed by atoms with van der Waals surface area (Å²) in [5, 5.41) is 0. The second kappa shape index (κ2) is 3.20. The Morgan fingerprint density at radius 2 is 2.38 bits per heavy atom. The molecule has 1 aromatic heterocycles. The second-order valence-electron chi connectivity index (χ2n) is 3.44. The largest absolute Gasteiger partial charge is 0.352 e. The van der Waals surface area contributed by atoms with Gasteiger partial charge in [-0.15, -0.1) is 0 Å². The van der Waals surface area contributed by atoms with Crippen LogP contribution in [0.2, 0.25) is 0 Å². The molecule has 0 unspecified atom stereocenters. The van der Waals surface area contributed by atoms with Gasteiger partial charge >= 0.3 is 0 Å².